The molecule has 5 rings (SSSR count). The van der Waals surface area contributed by atoms with E-state index in [9.17, 15) is 4.79 Å². The predicted octanol–water partition coefficient (Wildman–Crippen LogP) is 5.10. The normalized spacial score (nSPS) is 12.8. The Kier molecular flexibility index (Phi) is 5.81. The van der Waals surface area contributed by atoms with Crippen molar-refractivity contribution in [3.8, 4) is 22.6 Å². The quantitative estimate of drug-likeness (QED) is 0.434. The van der Waals surface area contributed by atoms with Crippen molar-refractivity contribution in [2.75, 3.05) is 18.1 Å². The van der Waals surface area contributed by atoms with Crippen molar-refractivity contribution in [2.24, 2.45) is 7.05 Å². The molecule has 2 heterocycles. The van der Waals surface area contributed by atoms with Crippen LogP contribution in [0.3, 0.4) is 0 Å². The van der Waals surface area contributed by atoms with E-state index in [1.54, 1.807) is 23.2 Å². The number of fused-ring (bicyclic) bond motifs is 1. The summed E-state index contributed by atoms with van der Waals surface area (Å²) < 4.78 is 13.4. The molecule has 0 saturated heterocycles. The van der Waals surface area contributed by atoms with Gasteiger partial charge in [-0.3, -0.25) is 4.79 Å². The van der Waals surface area contributed by atoms with E-state index >= 15 is 0 Å². The molecule has 0 N–H and O–H groups in total. The Bertz CT molecular complexity index is 1250. The molecule has 0 saturated carbocycles. The van der Waals surface area contributed by atoms with Crippen molar-refractivity contribution in [1.29, 1.82) is 0 Å². The fourth-order valence-corrected chi connectivity index (χ4v) is 3.89. The predicted molar refractivity (Wildman–Crippen MR) is 128 cm³/mol. The number of anilines is 1. The average molecular weight is 440 g/mol. The molecule has 0 spiro atoms. The number of hydrogen-bond acceptors (Lipinski definition) is 4. The number of carbonyl (C=O) groups is 1. The molecule has 3 aromatic carbocycles. The van der Waals surface area contributed by atoms with Crippen LogP contribution in [-0.4, -0.2) is 28.7 Å². The minimum absolute atomic E-state index is 0.124. The van der Waals surface area contributed by atoms with Crippen LogP contribution in [0, 0.1) is 0 Å². The third-order valence-electron chi connectivity index (χ3n) is 5.75. The van der Waals surface area contributed by atoms with Crippen molar-refractivity contribution in [1.82, 2.24) is 9.55 Å². The third-order valence-corrected chi connectivity index (χ3v) is 5.75. The molecule has 0 radical (unpaired) electrons. The Balaban J connectivity index is 1.49. The van der Waals surface area contributed by atoms with E-state index in [0.29, 0.717) is 36.8 Å². The topological polar surface area (TPSA) is 56.6 Å². The van der Waals surface area contributed by atoms with Gasteiger partial charge in [-0.15, -0.1) is 0 Å². The van der Waals surface area contributed by atoms with Crippen molar-refractivity contribution in [3.05, 3.63) is 96.6 Å². The first-order chi connectivity index (χ1) is 16.2. The fraction of sp³-hybridized carbons (Fsp3) is 0.185. The lowest BCUT2D eigenvalue weighted by Gasteiger charge is -2.23. The standard InChI is InChI=1S/C27H25N3O3/c1-29-15-14-28-26(29)19-30(23-11-8-21(9-12-23)20-6-3-2-4-7-20)27(31)22-10-13-24-25(18-22)33-17-5-16-32-24/h2-4,6-15,18H,5,16-17,19H2,1H3. The number of rotatable bonds is 5. The van der Waals surface area contributed by atoms with Gasteiger partial charge < -0.3 is 18.9 Å². The van der Waals surface area contributed by atoms with Gasteiger partial charge in [0.15, 0.2) is 11.5 Å². The number of aryl methyl sites for hydroxylation is 1. The van der Waals surface area contributed by atoms with Gasteiger partial charge in [-0.1, -0.05) is 42.5 Å². The molecule has 0 fully saturated rings. The molecule has 166 valence electrons. The summed E-state index contributed by atoms with van der Waals surface area (Å²) in [6.45, 7) is 1.53. The summed E-state index contributed by atoms with van der Waals surface area (Å²) in [6, 6.07) is 23.6. The molecule has 1 aromatic heterocycles. The zero-order chi connectivity index (χ0) is 22.6. The molecule has 1 aliphatic rings. The lowest BCUT2D eigenvalue weighted by Crippen LogP contribution is -2.31. The van der Waals surface area contributed by atoms with Crippen molar-refractivity contribution in [2.45, 2.75) is 13.0 Å². The lowest BCUT2D eigenvalue weighted by atomic mass is 10.0. The Morgan fingerprint density at radius 3 is 2.39 bits per heavy atom. The molecule has 0 atom stereocenters. The summed E-state index contributed by atoms with van der Waals surface area (Å²) in [4.78, 5) is 19.9. The second kappa shape index (κ2) is 9.20. The number of ether oxygens (including phenoxy) is 2. The number of hydrogen-bond donors (Lipinski definition) is 0. The molecule has 6 nitrogen and oxygen atoms in total. The van der Waals surface area contributed by atoms with Crippen LogP contribution in [0.25, 0.3) is 11.1 Å². The zero-order valence-corrected chi connectivity index (χ0v) is 18.5. The summed E-state index contributed by atoms with van der Waals surface area (Å²) in [5.74, 6) is 1.95. The highest BCUT2D eigenvalue weighted by Crippen LogP contribution is 2.32. The summed E-state index contributed by atoms with van der Waals surface area (Å²) in [5, 5.41) is 0. The molecular formula is C27H25N3O3. The van der Waals surface area contributed by atoms with Gasteiger partial charge in [-0.05, 0) is 41.5 Å². The van der Waals surface area contributed by atoms with Gasteiger partial charge in [0.05, 0.1) is 19.8 Å². The maximum Gasteiger partial charge on any atom is 0.258 e. The lowest BCUT2D eigenvalue weighted by molar-refractivity contribution is 0.0984. The summed E-state index contributed by atoms with van der Waals surface area (Å²) in [6.07, 6.45) is 4.44. The van der Waals surface area contributed by atoms with Crippen molar-refractivity contribution in [3.63, 3.8) is 0 Å². The third kappa shape index (κ3) is 4.46. The van der Waals surface area contributed by atoms with E-state index in [2.05, 4.69) is 17.1 Å². The second-order valence-electron chi connectivity index (χ2n) is 7.97. The number of amides is 1. The van der Waals surface area contributed by atoms with Gasteiger partial charge in [0.25, 0.3) is 5.91 Å². The van der Waals surface area contributed by atoms with E-state index in [4.69, 9.17) is 9.47 Å². The van der Waals surface area contributed by atoms with E-state index in [1.807, 2.05) is 66.3 Å². The molecule has 4 aromatic rings. The van der Waals surface area contributed by atoms with Gasteiger partial charge >= 0.3 is 0 Å². The van der Waals surface area contributed by atoms with Gasteiger partial charge in [-0.25, -0.2) is 4.98 Å². The van der Waals surface area contributed by atoms with E-state index in [0.717, 1.165) is 29.1 Å². The van der Waals surface area contributed by atoms with Crippen molar-refractivity contribution < 1.29 is 14.3 Å². The molecular weight excluding hydrogens is 414 g/mol. The molecule has 6 heteroatoms. The number of aromatic nitrogens is 2. The molecule has 1 aliphatic heterocycles. The minimum atomic E-state index is -0.124. The number of nitrogens with zero attached hydrogens (tertiary/aromatic N) is 3. The molecule has 33 heavy (non-hydrogen) atoms. The Morgan fingerprint density at radius 2 is 1.67 bits per heavy atom. The first-order valence-corrected chi connectivity index (χ1v) is 11.0. The van der Waals surface area contributed by atoms with Gasteiger partial charge in [-0.2, -0.15) is 0 Å². The van der Waals surface area contributed by atoms with E-state index in [1.165, 1.54) is 0 Å². The Hall–Kier alpha value is -4.06. The maximum atomic E-state index is 13.7. The van der Waals surface area contributed by atoms with Crippen LogP contribution in [0.1, 0.15) is 22.6 Å². The highest BCUT2D eigenvalue weighted by molar-refractivity contribution is 6.06. The fourth-order valence-electron chi connectivity index (χ4n) is 3.89. The minimum Gasteiger partial charge on any atom is -0.490 e. The van der Waals surface area contributed by atoms with Crippen LogP contribution in [0.15, 0.2) is 85.2 Å². The van der Waals surface area contributed by atoms with Crippen LogP contribution in [0.4, 0.5) is 5.69 Å². The number of benzene rings is 3. The smallest absolute Gasteiger partial charge is 0.258 e. The van der Waals surface area contributed by atoms with Crippen LogP contribution < -0.4 is 14.4 Å². The summed E-state index contributed by atoms with van der Waals surface area (Å²) in [5.41, 5.74) is 3.57. The maximum absolute atomic E-state index is 13.7. The average Bonchev–Trinajstić information content (AvgIpc) is 3.12. The van der Waals surface area contributed by atoms with Crippen LogP contribution in [-0.2, 0) is 13.6 Å². The highest BCUT2D eigenvalue weighted by Gasteiger charge is 2.22. The number of carbonyl (C=O) groups excluding carboxylic acids is 1. The summed E-state index contributed by atoms with van der Waals surface area (Å²) in [7, 11) is 1.93. The Morgan fingerprint density at radius 1 is 0.939 bits per heavy atom. The first kappa shape index (κ1) is 20.8. The van der Waals surface area contributed by atoms with Gasteiger partial charge in [0.1, 0.15) is 5.82 Å². The monoisotopic (exact) mass is 439 g/mol. The highest BCUT2D eigenvalue weighted by atomic mass is 16.5. The van der Waals surface area contributed by atoms with E-state index in [-0.39, 0.29) is 5.91 Å². The van der Waals surface area contributed by atoms with Gasteiger partial charge in [0, 0.05) is 37.1 Å². The van der Waals surface area contributed by atoms with Crippen LogP contribution in [0.5, 0.6) is 11.5 Å². The Labute approximate surface area is 193 Å². The molecule has 1 amide bonds. The largest absolute Gasteiger partial charge is 0.490 e. The van der Waals surface area contributed by atoms with Crippen molar-refractivity contribution >= 4 is 11.6 Å². The summed E-state index contributed by atoms with van der Waals surface area (Å²) >= 11 is 0. The molecule has 0 bridgehead atoms. The molecule has 0 unspecified atom stereocenters. The van der Waals surface area contributed by atoms with Gasteiger partial charge in [0.2, 0.25) is 0 Å². The molecule has 0 aliphatic carbocycles. The number of imidazole rings is 1. The SMILES string of the molecule is Cn1ccnc1CN(C(=O)c1ccc2c(c1)OCCCO2)c1ccc(-c2ccccc2)cc1. The second-order valence-corrected chi connectivity index (χ2v) is 7.97. The van der Waals surface area contributed by atoms with E-state index < -0.39 is 0 Å². The zero-order valence-electron chi connectivity index (χ0n) is 18.5. The van der Waals surface area contributed by atoms with Crippen LogP contribution in [0.2, 0.25) is 0 Å². The van der Waals surface area contributed by atoms with Crippen LogP contribution >= 0.6 is 0 Å². The first-order valence-electron chi connectivity index (χ1n) is 11.0.